The highest BCUT2D eigenvalue weighted by molar-refractivity contribution is 6.20. The van der Waals surface area contributed by atoms with E-state index >= 15 is 0 Å². The second-order valence-electron chi connectivity index (χ2n) is 5.93. The number of pyridine rings is 1. The molecule has 1 aliphatic carbocycles. The molecule has 3 heterocycles. The number of imidazole rings is 1. The molecule has 0 saturated heterocycles. The Morgan fingerprint density at radius 2 is 2.09 bits per heavy atom. The number of aromatic hydroxyl groups is 1. The summed E-state index contributed by atoms with van der Waals surface area (Å²) in [4.78, 5) is 16.1. The number of aromatic nitrogens is 3. The van der Waals surface area contributed by atoms with Crippen LogP contribution in [0, 0.1) is 0 Å². The lowest BCUT2D eigenvalue weighted by Crippen LogP contribution is -2.06. The third kappa shape index (κ3) is 2.32. The minimum Gasteiger partial charge on any atom is -0.492 e. The SMILES string of the molecule is Oc1nc(C2CCCCC2)[nH]c1/C=C1/C=Nc2ncccc21. The second kappa shape index (κ2) is 5.40. The summed E-state index contributed by atoms with van der Waals surface area (Å²) in [7, 11) is 0. The van der Waals surface area contributed by atoms with Gasteiger partial charge in [-0.05, 0) is 31.1 Å². The first kappa shape index (κ1) is 13.2. The third-order valence-corrected chi connectivity index (χ3v) is 4.45. The lowest BCUT2D eigenvalue weighted by molar-refractivity contribution is 0.422. The molecule has 4 rings (SSSR count). The van der Waals surface area contributed by atoms with Crippen molar-refractivity contribution in [1.82, 2.24) is 15.0 Å². The molecule has 1 aliphatic heterocycles. The van der Waals surface area contributed by atoms with Crippen molar-refractivity contribution in [3.05, 3.63) is 35.4 Å². The van der Waals surface area contributed by atoms with E-state index in [4.69, 9.17) is 0 Å². The van der Waals surface area contributed by atoms with Crippen molar-refractivity contribution in [2.24, 2.45) is 4.99 Å². The molecule has 0 unspecified atom stereocenters. The molecule has 1 fully saturated rings. The number of allylic oxidation sites excluding steroid dienone is 1. The molecule has 0 amide bonds. The van der Waals surface area contributed by atoms with Crippen LogP contribution in [0.1, 0.15) is 55.1 Å². The van der Waals surface area contributed by atoms with Gasteiger partial charge < -0.3 is 10.1 Å². The highest BCUT2D eigenvalue weighted by Gasteiger charge is 2.21. The van der Waals surface area contributed by atoms with Crippen molar-refractivity contribution in [3.8, 4) is 5.88 Å². The molecule has 1 saturated carbocycles. The van der Waals surface area contributed by atoms with E-state index < -0.39 is 0 Å². The molecule has 5 heteroatoms. The standard InChI is InChI=1S/C17H18N4O/c22-17-14(20-15(21-17)11-5-2-1-3-6-11)9-12-10-19-16-13(12)7-4-8-18-16/h4,7-11,22H,1-3,5-6H2,(H,20,21)/b12-9-. The normalized spacial score (nSPS) is 19.7. The van der Waals surface area contributed by atoms with Crippen LogP contribution in [0.25, 0.3) is 11.6 Å². The van der Waals surface area contributed by atoms with E-state index in [-0.39, 0.29) is 5.88 Å². The van der Waals surface area contributed by atoms with Gasteiger partial charge in [0.25, 0.3) is 0 Å². The van der Waals surface area contributed by atoms with Gasteiger partial charge in [0, 0.05) is 29.5 Å². The van der Waals surface area contributed by atoms with Gasteiger partial charge >= 0.3 is 0 Å². The topological polar surface area (TPSA) is 74.2 Å². The fourth-order valence-corrected chi connectivity index (χ4v) is 3.26. The monoisotopic (exact) mass is 294 g/mol. The van der Waals surface area contributed by atoms with Crippen LogP contribution in [0.4, 0.5) is 5.82 Å². The van der Waals surface area contributed by atoms with E-state index in [1.165, 1.54) is 19.3 Å². The van der Waals surface area contributed by atoms with Crippen LogP contribution < -0.4 is 0 Å². The summed E-state index contributed by atoms with van der Waals surface area (Å²) in [6.45, 7) is 0. The molecule has 112 valence electrons. The summed E-state index contributed by atoms with van der Waals surface area (Å²) in [6.07, 6.45) is 11.5. The van der Waals surface area contributed by atoms with Crippen LogP contribution in [0.3, 0.4) is 0 Å². The molecule has 2 aliphatic rings. The second-order valence-corrected chi connectivity index (χ2v) is 5.93. The molecule has 2 aromatic heterocycles. The van der Waals surface area contributed by atoms with E-state index in [1.54, 1.807) is 12.4 Å². The van der Waals surface area contributed by atoms with Crippen LogP contribution in [0.2, 0.25) is 0 Å². The Morgan fingerprint density at radius 3 is 2.95 bits per heavy atom. The molecular formula is C17H18N4O. The summed E-state index contributed by atoms with van der Waals surface area (Å²) in [5.74, 6) is 2.14. The molecule has 0 bridgehead atoms. The molecule has 0 atom stereocenters. The quantitative estimate of drug-likeness (QED) is 0.884. The zero-order valence-electron chi connectivity index (χ0n) is 12.3. The minimum absolute atomic E-state index is 0.0683. The number of fused-ring (bicyclic) bond motifs is 1. The fraction of sp³-hybridized carbons (Fsp3) is 0.353. The number of aliphatic imine (C=N–C) groups is 1. The molecular weight excluding hydrogens is 276 g/mol. The summed E-state index contributed by atoms with van der Waals surface area (Å²) in [5, 5.41) is 10.1. The Hall–Kier alpha value is -2.43. The van der Waals surface area contributed by atoms with Crippen molar-refractivity contribution >= 4 is 23.7 Å². The zero-order chi connectivity index (χ0) is 14.9. The lowest BCUT2D eigenvalue weighted by Gasteiger charge is -2.18. The van der Waals surface area contributed by atoms with Gasteiger partial charge in [-0.3, -0.25) is 0 Å². The highest BCUT2D eigenvalue weighted by atomic mass is 16.3. The summed E-state index contributed by atoms with van der Waals surface area (Å²) in [5.41, 5.74) is 2.58. The molecule has 0 aromatic carbocycles. The minimum atomic E-state index is 0.0683. The molecule has 2 N–H and O–H groups in total. The third-order valence-electron chi connectivity index (χ3n) is 4.45. The number of aromatic amines is 1. The van der Waals surface area contributed by atoms with E-state index in [2.05, 4.69) is 19.9 Å². The van der Waals surface area contributed by atoms with Gasteiger partial charge in [-0.1, -0.05) is 19.3 Å². The maximum Gasteiger partial charge on any atom is 0.237 e. The van der Waals surface area contributed by atoms with Gasteiger partial charge in [0.05, 0.1) is 0 Å². The van der Waals surface area contributed by atoms with Crippen LogP contribution in [-0.2, 0) is 0 Å². The summed E-state index contributed by atoms with van der Waals surface area (Å²) in [6, 6.07) is 3.87. The van der Waals surface area contributed by atoms with Gasteiger partial charge in [0.2, 0.25) is 5.88 Å². The molecule has 0 spiro atoms. The van der Waals surface area contributed by atoms with E-state index in [9.17, 15) is 5.11 Å². The number of H-pyrrole nitrogens is 1. The Labute approximate surface area is 128 Å². The number of nitrogens with zero attached hydrogens (tertiary/aromatic N) is 3. The number of rotatable bonds is 2. The fourth-order valence-electron chi connectivity index (χ4n) is 3.26. The van der Waals surface area contributed by atoms with Gasteiger partial charge in [-0.2, -0.15) is 4.98 Å². The highest BCUT2D eigenvalue weighted by Crippen LogP contribution is 2.35. The van der Waals surface area contributed by atoms with Crippen molar-refractivity contribution in [2.75, 3.05) is 0 Å². The smallest absolute Gasteiger partial charge is 0.237 e. The van der Waals surface area contributed by atoms with Crippen LogP contribution in [-0.4, -0.2) is 26.3 Å². The average Bonchev–Trinajstić information content (AvgIpc) is 3.13. The van der Waals surface area contributed by atoms with Crippen molar-refractivity contribution < 1.29 is 5.11 Å². The largest absolute Gasteiger partial charge is 0.492 e. The van der Waals surface area contributed by atoms with Crippen LogP contribution in [0.5, 0.6) is 5.88 Å². The Bertz CT molecular complexity index is 754. The van der Waals surface area contributed by atoms with E-state index in [0.717, 1.165) is 35.6 Å². The maximum absolute atomic E-state index is 10.1. The lowest BCUT2D eigenvalue weighted by atomic mass is 9.89. The first-order valence-electron chi connectivity index (χ1n) is 7.81. The van der Waals surface area contributed by atoms with Gasteiger partial charge in [0.1, 0.15) is 11.5 Å². The van der Waals surface area contributed by atoms with Crippen LogP contribution in [0.15, 0.2) is 23.3 Å². The Morgan fingerprint density at radius 1 is 1.23 bits per heavy atom. The zero-order valence-corrected chi connectivity index (χ0v) is 12.3. The molecule has 5 nitrogen and oxygen atoms in total. The number of nitrogens with one attached hydrogen (secondary N) is 1. The van der Waals surface area contributed by atoms with Gasteiger partial charge in [-0.15, -0.1) is 0 Å². The van der Waals surface area contributed by atoms with Crippen molar-refractivity contribution in [1.29, 1.82) is 0 Å². The van der Waals surface area contributed by atoms with Crippen molar-refractivity contribution in [2.45, 2.75) is 38.0 Å². The Kier molecular flexibility index (Phi) is 3.25. The molecule has 0 radical (unpaired) electrons. The van der Waals surface area contributed by atoms with Gasteiger partial charge in [0.15, 0.2) is 5.82 Å². The molecule has 22 heavy (non-hydrogen) atoms. The predicted molar refractivity (Wildman–Crippen MR) is 86.3 cm³/mol. The van der Waals surface area contributed by atoms with E-state index in [0.29, 0.717) is 11.6 Å². The van der Waals surface area contributed by atoms with Crippen molar-refractivity contribution in [3.63, 3.8) is 0 Å². The maximum atomic E-state index is 10.1. The summed E-state index contributed by atoms with van der Waals surface area (Å²) >= 11 is 0. The number of hydrogen-bond donors (Lipinski definition) is 2. The van der Waals surface area contributed by atoms with Crippen LogP contribution >= 0.6 is 0 Å². The number of hydrogen-bond acceptors (Lipinski definition) is 4. The van der Waals surface area contributed by atoms with Gasteiger partial charge in [-0.25, -0.2) is 9.98 Å². The van der Waals surface area contributed by atoms with E-state index in [1.807, 2.05) is 18.2 Å². The average molecular weight is 294 g/mol. The Balaban J connectivity index is 1.65. The first-order valence-corrected chi connectivity index (χ1v) is 7.81. The first-order chi connectivity index (χ1) is 10.8. The predicted octanol–water partition coefficient (Wildman–Crippen LogP) is 3.81. The molecule has 2 aromatic rings. The summed E-state index contributed by atoms with van der Waals surface area (Å²) < 4.78 is 0.